The summed E-state index contributed by atoms with van der Waals surface area (Å²) in [5, 5.41) is 4.82. The van der Waals surface area contributed by atoms with Crippen LogP contribution in [0.15, 0.2) is 28.7 Å². The summed E-state index contributed by atoms with van der Waals surface area (Å²) in [6, 6.07) is 5.79. The molecule has 2 heterocycles. The van der Waals surface area contributed by atoms with Crippen molar-refractivity contribution in [3.63, 3.8) is 0 Å². The molecule has 0 spiro atoms. The number of benzene rings is 1. The molecule has 4 nitrogen and oxygen atoms in total. The molecule has 2 aromatic heterocycles. The van der Waals surface area contributed by atoms with Gasteiger partial charge in [-0.3, -0.25) is 0 Å². The lowest BCUT2D eigenvalue weighted by Gasteiger charge is -2.06. The first-order valence-corrected chi connectivity index (χ1v) is 7.22. The standard InChI is InChI=1S/C14H14FN3OS/c1-2-3-10-14(20-18-17-10)13(16)12-7-8-6-9(15)4-5-11(8)19-12/h4-7,13H,2-3,16H2,1H3. The Morgan fingerprint density at radius 3 is 3.05 bits per heavy atom. The van der Waals surface area contributed by atoms with E-state index in [2.05, 4.69) is 16.5 Å². The Bertz CT molecular complexity index is 737. The van der Waals surface area contributed by atoms with Crippen molar-refractivity contribution in [1.29, 1.82) is 0 Å². The van der Waals surface area contributed by atoms with Gasteiger partial charge in [-0.15, -0.1) is 5.10 Å². The second-order valence-corrected chi connectivity index (χ2v) is 5.43. The smallest absolute Gasteiger partial charge is 0.134 e. The highest BCUT2D eigenvalue weighted by molar-refractivity contribution is 7.05. The molecular weight excluding hydrogens is 277 g/mol. The molecule has 0 radical (unpaired) electrons. The summed E-state index contributed by atoms with van der Waals surface area (Å²) in [7, 11) is 0. The van der Waals surface area contributed by atoms with Crippen LogP contribution in [0.25, 0.3) is 11.0 Å². The van der Waals surface area contributed by atoms with Crippen LogP contribution in [0.1, 0.15) is 35.7 Å². The number of rotatable bonds is 4. The van der Waals surface area contributed by atoms with Crippen LogP contribution in [0, 0.1) is 5.82 Å². The van der Waals surface area contributed by atoms with E-state index in [1.165, 1.54) is 23.7 Å². The van der Waals surface area contributed by atoms with Crippen LogP contribution in [0.3, 0.4) is 0 Å². The maximum atomic E-state index is 13.2. The molecule has 2 N–H and O–H groups in total. The van der Waals surface area contributed by atoms with E-state index in [4.69, 9.17) is 10.2 Å². The van der Waals surface area contributed by atoms with E-state index < -0.39 is 6.04 Å². The number of furan rings is 1. The van der Waals surface area contributed by atoms with E-state index in [1.54, 1.807) is 12.1 Å². The van der Waals surface area contributed by atoms with Gasteiger partial charge in [-0.1, -0.05) is 17.8 Å². The molecule has 0 bridgehead atoms. The highest BCUT2D eigenvalue weighted by Crippen LogP contribution is 2.30. The summed E-state index contributed by atoms with van der Waals surface area (Å²) >= 11 is 1.29. The van der Waals surface area contributed by atoms with Gasteiger partial charge in [-0.05, 0) is 42.2 Å². The molecule has 104 valence electrons. The third-order valence-corrected chi connectivity index (χ3v) is 4.01. The van der Waals surface area contributed by atoms with Crippen molar-refractivity contribution in [3.8, 4) is 0 Å². The Balaban J connectivity index is 1.99. The quantitative estimate of drug-likeness (QED) is 0.800. The molecule has 0 saturated heterocycles. The Hall–Kier alpha value is -1.79. The van der Waals surface area contributed by atoms with E-state index in [0.29, 0.717) is 16.7 Å². The summed E-state index contributed by atoms with van der Waals surface area (Å²) in [5.41, 5.74) is 7.78. The van der Waals surface area contributed by atoms with Gasteiger partial charge in [0.2, 0.25) is 0 Å². The lowest BCUT2D eigenvalue weighted by atomic mass is 10.1. The van der Waals surface area contributed by atoms with Gasteiger partial charge in [0, 0.05) is 5.39 Å². The first-order valence-electron chi connectivity index (χ1n) is 6.44. The molecule has 0 aliphatic rings. The maximum Gasteiger partial charge on any atom is 0.134 e. The van der Waals surface area contributed by atoms with Crippen molar-refractivity contribution in [1.82, 2.24) is 9.59 Å². The van der Waals surface area contributed by atoms with Gasteiger partial charge in [0.1, 0.15) is 23.2 Å². The van der Waals surface area contributed by atoms with Crippen molar-refractivity contribution in [2.45, 2.75) is 25.8 Å². The molecule has 0 amide bonds. The summed E-state index contributed by atoms with van der Waals surface area (Å²) in [6.07, 6.45) is 1.82. The van der Waals surface area contributed by atoms with E-state index >= 15 is 0 Å². The van der Waals surface area contributed by atoms with Gasteiger partial charge >= 0.3 is 0 Å². The number of hydrogen-bond acceptors (Lipinski definition) is 5. The van der Waals surface area contributed by atoms with E-state index in [1.807, 2.05) is 0 Å². The van der Waals surface area contributed by atoms with E-state index in [-0.39, 0.29) is 5.82 Å². The number of nitrogens with two attached hydrogens (primary N) is 1. The average Bonchev–Trinajstić information content (AvgIpc) is 3.04. The summed E-state index contributed by atoms with van der Waals surface area (Å²) < 4.78 is 22.9. The van der Waals surface area contributed by atoms with E-state index in [9.17, 15) is 4.39 Å². The first-order chi connectivity index (χ1) is 9.69. The van der Waals surface area contributed by atoms with Crippen LogP contribution >= 0.6 is 11.5 Å². The van der Waals surface area contributed by atoms with E-state index in [0.717, 1.165) is 23.4 Å². The second-order valence-electron chi connectivity index (χ2n) is 4.64. The Morgan fingerprint density at radius 1 is 1.40 bits per heavy atom. The summed E-state index contributed by atoms with van der Waals surface area (Å²) in [4.78, 5) is 0.909. The molecule has 1 atom stereocenters. The lowest BCUT2D eigenvalue weighted by molar-refractivity contribution is 0.525. The fraction of sp³-hybridized carbons (Fsp3) is 0.286. The predicted molar refractivity (Wildman–Crippen MR) is 76.1 cm³/mol. The normalized spacial score (nSPS) is 12.9. The van der Waals surface area contributed by atoms with Crippen molar-refractivity contribution in [2.75, 3.05) is 0 Å². The average molecular weight is 291 g/mol. The zero-order chi connectivity index (χ0) is 14.1. The van der Waals surface area contributed by atoms with Crippen LogP contribution < -0.4 is 5.73 Å². The fourth-order valence-corrected chi connectivity index (χ4v) is 2.88. The van der Waals surface area contributed by atoms with Crippen molar-refractivity contribution in [3.05, 3.63) is 46.4 Å². The van der Waals surface area contributed by atoms with Crippen LogP contribution in [0.2, 0.25) is 0 Å². The number of aromatic nitrogens is 2. The highest BCUT2D eigenvalue weighted by atomic mass is 32.1. The Kier molecular flexibility index (Phi) is 3.50. The molecule has 20 heavy (non-hydrogen) atoms. The number of fused-ring (bicyclic) bond motifs is 1. The third kappa shape index (κ3) is 2.32. The molecule has 1 aromatic carbocycles. The molecule has 0 aliphatic heterocycles. The summed E-state index contributed by atoms with van der Waals surface area (Å²) in [5.74, 6) is 0.318. The third-order valence-electron chi connectivity index (χ3n) is 3.16. The maximum absolute atomic E-state index is 13.2. The van der Waals surface area contributed by atoms with Gasteiger partial charge in [-0.25, -0.2) is 4.39 Å². The van der Waals surface area contributed by atoms with Gasteiger partial charge in [0.05, 0.1) is 10.6 Å². The molecule has 1 unspecified atom stereocenters. The van der Waals surface area contributed by atoms with Crippen molar-refractivity contribution >= 4 is 22.5 Å². The fourth-order valence-electron chi connectivity index (χ4n) is 2.18. The van der Waals surface area contributed by atoms with Crippen LogP contribution in [-0.2, 0) is 6.42 Å². The number of halogens is 1. The Labute approximate surface area is 119 Å². The second kappa shape index (κ2) is 5.30. The molecule has 6 heteroatoms. The first kappa shape index (κ1) is 13.2. The highest BCUT2D eigenvalue weighted by Gasteiger charge is 2.20. The number of nitrogens with zero attached hydrogens (tertiary/aromatic N) is 2. The molecule has 0 aliphatic carbocycles. The minimum atomic E-state index is -0.410. The largest absolute Gasteiger partial charge is 0.459 e. The minimum Gasteiger partial charge on any atom is -0.459 e. The zero-order valence-corrected chi connectivity index (χ0v) is 11.8. The number of hydrogen-bond donors (Lipinski definition) is 1. The van der Waals surface area contributed by atoms with Crippen LogP contribution in [0.4, 0.5) is 4.39 Å². The van der Waals surface area contributed by atoms with Gasteiger partial charge in [0.25, 0.3) is 0 Å². The minimum absolute atomic E-state index is 0.287. The zero-order valence-electron chi connectivity index (χ0n) is 11.0. The molecule has 3 rings (SSSR count). The van der Waals surface area contributed by atoms with Crippen molar-refractivity contribution in [2.24, 2.45) is 5.73 Å². The molecule has 0 saturated carbocycles. The van der Waals surface area contributed by atoms with Crippen molar-refractivity contribution < 1.29 is 8.81 Å². The van der Waals surface area contributed by atoms with Gasteiger partial charge < -0.3 is 10.2 Å². The Morgan fingerprint density at radius 2 is 2.25 bits per heavy atom. The monoisotopic (exact) mass is 291 g/mol. The lowest BCUT2D eigenvalue weighted by Crippen LogP contribution is -2.11. The van der Waals surface area contributed by atoms with Gasteiger partial charge in [-0.2, -0.15) is 0 Å². The molecule has 3 aromatic rings. The SMILES string of the molecule is CCCc1nnsc1C(N)c1cc2cc(F)ccc2o1. The predicted octanol–water partition coefficient (Wildman–Crippen LogP) is 3.42. The number of aryl methyl sites for hydroxylation is 1. The summed E-state index contributed by atoms with van der Waals surface area (Å²) in [6.45, 7) is 2.08. The van der Waals surface area contributed by atoms with Crippen LogP contribution in [-0.4, -0.2) is 9.59 Å². The van der Waals surface area contributed by atoms with Crippen LogP contribution in [0.5, 0.6) is 0 Å². The molecule has 0 fully saturated rings. The molecular formula is C14H14FN3OS. The topological polar surface area (TPSA) is 64.9 Å². The van der Waals surface area contributed by atoms with Gasteiger partial charge in [0.15, 0.2) is 0 Å².